The third-order valence-corrected chi connectivity index (χ3v) is 3.58. The molecule has 1 saturated heterocycles. The molecule has 0 unspecified atom stereocenters. The van der Waals surface area contributed by atoms with Crippen molar-refractivity contribution >= 4 is 11.9 Å². The highest BCUT2D eigenvalue weighted by Gasteiger charge is 2.26. The van der Waals surface area contributed by atoms with Gasteiger partial charge in [0.05, 0.1) is 18.9 Å². The molecule has 0 radical (unpaired) electrons. The summed E-state index contributed by atoms with van der Waals surface area (Å²) in [5.74, 6) is 0.938. The van der Waals surface area contributed by atoms with Gasteiger partial charge < -0.3 is 19.6 Å². The Kier molecular flexibility index (Phi) is 4.49. The van der Waals surface area contributed by atoms with Crippen LogP contribution in [0.4, 0.5) is 10.6 Å². The van der Waals surface area contributed by atoms with E-state index >= 15 is 0 Å². The molecule has 0 atom stereocenters. The number of aromatic nitrogens is 2. The van der Waals surface area contributed by atoms with Crippen LogP contribution in [0.1, 0.15) is 18.2 Å². The fourth-order valence-electron chi connectivity index (χ4n) is 2.59. The van der Waals surface area contributed by atoms with Crippen molar-refractivity contribution in [1.29, 1.82) is 0 Å². The van der Waals surface area contributed by atoms with Crippen molar-refractivity contribution in [2.24, 2.45) is 7.05 Å². The van der Waals surface area contributed by atoms with E-state index in [2.05, 4.69) is 10.00 Å². The molecule has 112 valence electrons. The minimum absolute atomic E-state index is 0.0207. The van der Waals surface area contributed by atoms with E-state index in [0.717, 1.165) is 17.1 Å². The zero-order valence-electron chi connectivity index (χ0n) is 12.3. The van der Waals surface area contributed by atoms with Crippen molar-refractivity contribution in [1.82, 2.24) is 14.7 Å². The number of rotatable bonds is 3. The Bertz CT molecular complexity index is 478. The number of aliphatic hydroxyl groups is 1. The molecule has 0 saturated carbocycles. The van der Waals surface area contributed by atoms with Gasteiger partial charge in [0, 0.05) is 38.8 Å². The van der Waals surface area contributed by atoms with Gasteiger partial charge in [-0.05, 0) is 13.8 Å². The van der Waals surface area contributed by atoms with Gasteiger partial charge in [-0.3, -0.25) is 4.68 Å². The van der Waals surface area contributed by atoms with Gasteiger partial charge in [0.25, 0.3) is 0 Å². The molecule has 1 amide bonds. The lowest BCUT2D eigenvalue weighted by Gasteiger charge is -2.35. The molecule has 0 aliphatic carbocycles. The van der Waals surface area contributed by atoms with E-state index in [-0.39, 0.29) is 12.7 Å². The predicted octanol–water partition coefficient (Wildman–Crippen LogP) is 0.499. The number of ether oxygens (including phenoxy) is 1. The summed E-state index contributed by atoms with van der Waals surface area (Å²) < 4.78 is 6.80. The van der Waals surface area contributed by atoms with Crippen LogP contribution < -0.4 is 4.90 Å². The van der Waals surface area contributed by atoms with E-state index in [9.17, 15) is 9.90 Å². The quantitative estimate of drug-likeness (QED) is 0.874. The fourth-order valence-corrected chi connectivity index (χ4v) is 2.59. The average molecular weight is 282 g/mol. The van der Waals surface area contributed by atoms with Gasteiger partial charge in [0.1, 0.15) is 5.82 Å². The number of hydrogen-bond acceptors (Lipinski definition) is 5. The number of amides is 1. The molecule has 1 N–H and O–H groups in total. The summed E-state index contributed by atoms with van der Waals surface area (Å²) in [5.41, 5.74) is 1.70. The van der Waals surface area contributed by atoms with Gasteiger partial charge in [-0.2, -0.15) is 5.10 Å². The SMILES string of the molecule is CCOC(=O)N1CCN(c2c(CO)c(C)nn2C)CC1. The van der Waals surface area contributed by atoms with E-state index in [1.807, 2.05) is 14.0 Å². The molecule has 7 nitrogen and oxygen atoms in total. The number of piperazine rings is 1. The number of aryl methyl sites for hydroxylation is 2. The van der Waals surface area contributed by atoms with Crippen molar-refractivity contribution in [3.05, 3.63) is 11.3 Å². The van der Waals surface area contributed by atoms with Gasteiger partial charge in [-0.1, -0.05) is 0 Å². The Labute approximate surface area is 118 Å². The zero-order chi connectivity index (χ0) is 14.7. The maximum absolute atomic E-state index is 11.7. The zero-order valence-corrected chi connectivity index (χ0v) is 12.3. The predicted molar refractivity (Wildman–Crippen MR) is 74.7 cm³/mol. The van der Waals surface area contributed by atoms with E-state index in [0.29, 0.717) is 32.8 Å². The summed E-state index contributed by atoms with van der Waals surface area (Å²) in [6, 6.07) is 0. The van der Waals surface area contributed by atoms with E-state index in [4.69, 9.17) is 4.74 Å². The largest absolute Gasteiger partial charge is 0.450 e. The summed E-state index contributed by atoms with van der Waals surface area (Å²) in [6.45, 7) is 6.74. The molecule has 1 aromatic rings. The van der Waals surface area contributed by atoms with Gasteiger partial charge in [-0.25, -0.2) is 4.79 Å². The van der Waals surface area contributed by atoms with E-state index in [1.165, 1.54) is 0 Å². The molecule has 2 rings (SSSR count). The summed E-state index contributed by atoms with van der Waals surface area (Å²) in [5, 5.41) is 13.8. The second-order valence-corrected chi connectivity index (χ2v) is 4.84. The van der Waals surface area contributed by atoms with Gasteiger partial charge in [0.2, 0.25) is 0 Å². The lowest BCUT2D eigenvalue weighted by atomic mass is 10.2. The number of anilines is 1. The lowest BCUT2D eigenvalue weighted by Crippen LogP contribution is -2.49. The van der Waals surface area contributed by atoms with Crippen LogP contribution in [0.25, 0.3) is 0 Å². The molecule has 1 aromatic heterocycles. The monoisotopic (exact) mass is 282 g/mol. The van der Waals surface area contributed by atoms with Crippen LogP contribution in [-0.4, -0.2) is 58.7 Å². The highest BCUT2D eigenvalue weighted by Crippen LogP contribution is 2.24. The second kappa shape index (κ2) is 6.13. The van der Waals surface area contributed by atoms with Crippen LogP contribution in [-0.2, 0) is 18.4 Å². The molecule has 0 aromatic carbocycles. The summed E-state index contributed by atoms with van der Waals surface area (Å²) >= 11 is 0. The van der Waals surface area contributed by atoms with E-state index < -0.39 is 0 Å². The van der Waals surface area contributed by atoms with Gasteiger partial charge in [0.15, 0.2) is 0 Å². The Hall–Kier alpha value is -1.76. The van der Waals surface area contributed by atoms with Gasteiger partial charge >= 0.3 is 6.09 Å². The second-order valence-electron chi connectivity index (χ2n) is 4.84. The van der Waals surface area contributed by atoms with Crippen molar-refractivity contribution < 1.29 is 14.6 Å². The summed E-state index contributed by atoms with van der Waals surface area (Å²) in [7, 11) is 1.87. The first-order valence-electron chi connectivity index (χ1n) is 6.88. The number of carbonyl (C=O) groups excluding carboxylic acids is 1. The third-order valence-electron chi connectivity index (χ3n) is 3.58. The fraction of sp³-hybridized carbons (Fsp3) is 0.692. The minimum atomic E-state index is -0.254. The Morgan fingerprint density at radius 3 is 2.55 bits per heavy atom. The van der Waals surface area contributed by atoms with Crippen LogP contribution in [0, 0.1) is 6.92 Å². The maximum atomic E-state index is 11.7. The Balaban J connectivity index is 2.06. The lowest BCUT2D eigenvalue weighted by molar-refractivity contribution is 0.105. The van der Waals surface area contributed by atoms with Crippen molar-refractivity contribution in [3.63, 3.8) is 0 Å². The van der Waals surface area contributed by atoms with Crippen LogP contribution in [0.5, 0.6) is 0 Å². The van der Waals surface area contributed by atoms with E-state index in [1.54, 1.807) is 16.5 Å². The smallest absolute Gasteiger partial charge is 0.409 e. The molecule has 0 spiro atoms. The minimum Gasteiger partial charge on any atom is -0.450 e. The topological polar surface area (TPSA) is 70.8 Å². The maximum Gasteiger partial charge on any atom is 0.409 e. The molecule has 1 aliphatic rings. The highest BCUT2D eigenvalue weighted by atomic mass is 16.6. The molecule has 1 fully saturated rings. The highest BCUT2D eigenvalue weighted by molar-refractivity contribution is 5.68. The van der Waals surface area contributed by atoms with Crippen LogP contribution in [0.3, 0.4) is 0 Å². The summed E-state index contributed by atoms with van der Waals surface area (Å²) in [6.07, 6.45) is -0.254. The number of nitrogens with zero attached hydrogens (tertiary/aromatic N) is 4. The Morgan fingerprint density at radius 1 is 1.35 bits per heavy atom. The average Bonchev–Trinajstić information content (AvgIpc) is 2.73. The standard InChI is InChI=1S/C13H22N4O3/c1-4-20-13(19)17-7-5-16(6-8-17)12-11(9-18)10(2)14-15(12)3/h18H,4-9H2,1-3H3. The number of hydrogen-bond donors (Lipinski definition) is 1. The van der Waals surface area contributed by atoms with Crippen molar-refractivity contribution in [2.45, 2.75) is 20.5 Å². The van der Waals surface area contributed by atoms with Crippen LogP contribution in [0.2, 0.25) is 0 Å². The van der Waals surface area contributed by atoms with Crippen molar-refractivity contribution in [2.75, 3.05) is 37.7 Å². The number of aliphatic hydroxyl groups excluding tert-OH is 1. The molecule has 1 aliphatic heterocycles. The Morgan fingerprint density at radius 2 is 2.00 bits per heavy atom. The molecule has 2 heterocycles. The van der Waals surface area contributed by atoms with Crippen LogP contribution in [0.15, 0.2) is 0 Å². The first kappa shape index (κ1) is 14.6. The van der Waals surface area contributed by atoms with Crippen LogP contribution >= 0.6 is 0 Å². The molecule has 20 heavy (non-hydrogen) atoms. The first-order valence-corrected chi connectivity index (χ1v) is 6.88. The molecule has 7 heteroatoms. The third kappa shape index (κ3) is 2.72. The van der Waals surface area contributed by atoms with Gasteiger partial charge in [-0.15, -0.1) is 0 Å². The molecular formula is C13H22N4O3. The van der Waals surface area contributed by atoms with Crippen molar-refractivity contribution in [3.8, 4) is 0 Å². The summed E-state index contributed by atoms with van der Waals surface area (Å²) in [4.78, 5) is 15.5. The number of carbonyl (C=O) groups is 1. The first-order chi connectivity index (χ1) is 9.58. The molecular weight excluding hydrogens is 260 g/mol. The molecule has 0 bridgehead atoms. The normalized spacial score (nSPS) is 15.6.